The smallest absolute Gasteiger partial charge is 0.238 e. The number of hydrogen-bond donors (Lipinski definition) is 0. The maximum absolute atomic E-state index is 5.53. The van der Waals surface area contributed by atoms with Gasteiger partial charge in [0.25, 0.3) is 0 Å². The number of rotatable bonds is 5. The summed E-state index contributed by atoms with van der Waals surface area (Å²) in [4.78, 5) is 16.5. The van der Waals surface area contributed by atoms with E-state index >= 15 is 0 Å². The second kappa shape index (κ2) is 16.5. The van der Waals surface area contributed by atoms with Gasteiger partial charge in [0.05, 0.1) is 27.8 Å². The molecule has 0 atom stereocenters. The van der Waals surface area contributed by atoms with Crippen LogP contribution < -0.4 is 0 Å². The molecule has 0 spiro atoms. The van der Waals surface area contributed by atoms with Gasteiger partial charge in [-0.15, -0.1) is 0 Å². The fraction of sp³-hybridized carbons (Fsp3) is 0. The van der Waals surface area contributed by atoms with Crippen LogP contribution >= 0.6 is 0 Å². The molecule has 17 rings (SSSR count). The fourth-order valence-electron chi connectivity index (χ4n) is 13.1. The Morgan fingerprint density at radius 3 is 1.10 bits per heavy atom. The van der Waals surface area contributed by atoms with E-state index in [9.17, 15) is 0 Å². The Morgan fingerprint density at radius 2 is 0.590 bits per heavy atom. The molecule has 0 fully saturated rings. The molecule has 78 heavy (non-hydrogen) atoms. The molecule has 0 unspecified atom stereocenters. The maximum Gasteiger partial charge on any atom is 0.238 e. The molecule has 0 amide bonds. The van der Waals surface area contributed by atoms with E-state index in [-0.39, 0.29) is 0 Å². The van der Waals surface area contributed by atoms with Crippen LogP contribution in [-0.2, 0) is 0 Å². The average molecular weight is 990 g/mol. The Kier molecular flexibility index (Phi) is 9.06. The maximum atomic E-state index is 5.53. The molecule has 3 heterocycles. The normalized spacial score (nSPS) is 12.1. The van der Waals surface area contributed by atoms with Gasteiger partial charge >= 0.3 is 0 Å². The van der Waals surface area contributed by atoms with Crippen molar-refractivity contribution in [2.45, 2.75) is 0 Å². The summed E-state index contributed by atoms with van der Waals surface area (Å²) >= 11 is 0. The number of fused-ring (bicyclic) bond motifs is 18. The number of para-hydroxylation sites is 2. The van der Waals surface area contributed by atoms with E-state index in [1.54, 1.807) is 0 Å². The second-order valence-corrected chi connectivity index (χ2v) is 20.6. The summed E-state index contributed by atoms with van der Waals surface area (Å²) in [5.74, 6) is 1.80. The molecule has 0 saturated carbocycles. The molecule has 360 valence electrons. The third-order valence-electron chi connectivity index (χ3n) is 16.5. The average Bonchev–Trinajstić information content (AvgIpc) is 4.14. The monoisotopic (exact) mass is 989 g/mol. The highest BCUT2D eigenvalue weighted by molar-refractivity contribution is 6.28. The summed E-state index contributed by atoms with van der Waals surface area (Å²) in [6, 6.07) is 94.8. The first-order chi connectivity index (χ1) is 38.7. The first kappa shape index (κ1) is 42.8. The minimum atomic E-state index is 0.562. The minimum absolute atomic E-state index is 0.562. The zero-order valence-electron chi connectivity index (χ0n) is 42.1. The number of aromatic nitrogens is 5. The van der Waals surface area contributed by atoms with Crippen molar-refractivity contribution in [1.82, 2.24) is 24.1 Å². The molecular formula is C73H43N5. The van der Waals surface area contributed by atoms with Gasteiger partial charge in [-0.2, -0.15) is 9.97 Å². The van der Waals surface area contributed by atoms with Crippen molar-refractivity contribution in [2.75, 3.05) is 0 Å². The summed E-state index contributed by atoms with van der Waals surface area (Å²) in [6.45, 7) is 0. The summed E-state index contributed by atoms with van der Waals surface area (Å²) in [6.07, 6.45) is 0. The van der Waals surface area contributed by atoms with Crippen LogP contribution in [0, 0.1) is 0 Å². The van der Waals surface area contributed by atoms with E-state index in [1.807, 2.05) is 0 Å². The van der Waals surface area contributed by atoms with E-state index in [0.717, 1.165) is 76.4 Å². The van der Waals surface area contributed by atoms with Crippen molar-refractivity contribution in [3.05, 3.63) is 261 Å². The molecule has 0 radical (unpaired) electrons. The van der Waals surface area contributed by atoms with Crippen LogP contribution in [-0.4, -0.2) is 24.1 Å². The lowest BCUT2D eigenvalue weighted by atomic mass is 9.93. The SMILES string of the molecule is c1ccc2c(c1)cc(-c1nc(-c3cc4ccccc4c4ccccc34)nc(-n3c4ccccc4c4cc(-c5ccc6c(c5)c5ccccc5n6-c5cccc6c7ccccc7c7ccccc7c56)ccc43)n1)c1ccccc12. The lowest BCUT2D eigenvalue weighted by Crippen LogP contribution is -2.07. The van der Waals surface area contributed by atoms with Gasteiger partial charge in [0.2, 0.25) is 5.95 Å². The predicted molar refractivity (Wildman–Crippen MR) is 327 cm³/mol. The van der Waals surface area contributed by atoms with Gasteiger partial charge in [-0.3, -0.25) is 4.57 Å². The minimum Gasteiger partial charge on any atom is -0.309 e. The van der Waals surface area contributed by atoms with Crippen molar-refractivity contribution in [3.8, 4) is 45.5 Å². The van der Waals surface area contributed by atoms with Gasteiger partial charge in [0, 0.05) is 38.1 Å². The summed E-state index contributed by atoms with van der Waals surface area (Å²) < 4.78 is 4.72. The van der Waals surface area contributed by atoms with E-state index in [0.29, 0.717) is 17.6 Å². The number of benzene rings is 14. The first-order valence-corrected chi connectivity index (χ1v) is 26.7. The molecule has 14 aromatic carbocycles. The fourth-order valence-corrected chi connectivity index (χ4v) is 13.1. The quantitative estimate of drug-likeness (QED) is 0.161. The molecule has 0 N–H and O–H groups in total. The zero-order valence-corrected chi connectivity index (χ0v) is 42.1. The van der Waals surface area contributed by atoms with Gasteiger partial charge in [0.1, 0.15) is 0 Å². The van der Waals surface area contributed by atoms with E-state index < -0.39 is 0 Å². The van der Waals surface area contributed by atoms with Crippen LogP contribution in [0.25, 0.3) is 165 Å². The first-order valence-electron chi connectivity index (χ1n) is 26.7. The number of hydrogen-bond acceptors (Lipinski definition) is 3. The lowest BCUT2D eigenvalue weighted by Gasteiger charge is -2.16. The third kappa shape index (κ3) is 6.21. The van der Waals surface area contributed by atoms with E-state index in [2.05, 4.69) is 270 Å². The molecule has 17 aromatic rings. The summed E-state index contributed by atoms with van der Waals surface area (Å²) in [5, 5.41) is 21.4. The highest BCUT2D eigenvalue weighted by Gasteiger charge is 2.23. The Bertz CT molecular complexity index is 5230. The predicted octanol–water partition coefficient (Wildman–Crippen LogP) is 19.1. The van der Waals surface area contributed by atoms with Crippen LogP contribution in [0.15, 0.2) is 261 Å². The topological polar surface area (TPSA) is 48.5 Å². The highest BCUT2D eigenvalue weighted by Crippen LogP contribution is 2.44. The van der Waals surface area contributed by atoms with E-state index in [1.165, 1.54) is 70.6 Å². The molecule has 0 aliphatic carbocycles. The highest BCUT2D eigenvalue weighted by atomic mass is 15.2. The Hall–Kier alpha value is -10.5. The third-order valence-corrected chi connectivity index (χ3v) is 16.5. The Balaban J connectivity index is 0.879. The van der Waals surface area contributed by atoms with Crippen molar-refractivity contribution in [3.63, 3.8) is 0 Å². The molecule has 0 aliphatic heterocycles. The van der Waals surface area contributed by atoms with Gasteiger partial charge in [0.15, 0.2) is 11.6 Å². The van der Waals surface area contributed by atoms with E-state index in [4.69, 9.17) is 15.0 Å². The Morgan fingerprint density at radius 1 is 0.231 bits per heavy atom. The van der Waals surface area contributed by atoms with Gasteiger partial charge < -0.3 is 4.57 Å². The molecule has 0 bridgehead atoms. The second-order valence-electron chi connectivity index (χ2n) is 20.6. The number of nitrogens with zero attached hydrogens (tertiary/aromatic N) is 5. The van der Waals surface area contributed by atoms with Crippen molar-refractivity contribution in [2.24, 2.45) is 0 Å². The zero-order chi connectivity index (χ0) is 51.0. The van der Waals surface area contributed by atoms with Crippen LogP contribution in [0.3, 0.4) is 0 Å². The molecule has 0 aliphatic rings. The van der Waals surface area contributed by atoms with Crippen molar-refractivity contribution < 1.29 is 0 Å². The van der Waals surface area contributed by atoms with Crippen LogP contribution in [0.1, 0.15) is 0 Å². The van der Waals surface area contributed by atoms with Gasteiger partial charge in [-0.05, 0) is 136 Å². The van der Waals surface area contributed by atoms with Crippen molar-refractivity contribution in [1.29, 1.82) is 0 Å². The van der Waals surface area contributed by atoms with Crippen molar-refractivity contribution >= 4 is 119 Å². The molecule has 3 aromatic heterocycles. The van der Waals surface area contributed by atoms with Crippen LogP contribution in [0.2, 0.25) is 0 Å². The molecule has 5 nitrogen and oxygen atoms in total. The molecular weight excluding hydrogens is 947 g/mol. The Labute approximate surface area is 447 Å². The lowest BCUT2D eigenvalue weighted by molar-refractivity contribution is 0.955. The molecule has 0 saturated heterocycles. The van der Waals surface area contributed by atoms with Gasteiger partial charge in [-0.1, -0.05) is 206 Å². The largest absolute Gasteiger partial charge is 0.309 e. The van der Waals surface area contributed by atoms with Gasteiger partial charge in [-0.25, -0.2) is 4.98 Å². The van der Waals surface area contributed by atoms with Crippen LogP contribution in [0.4, 0.5) is 0 Å². The summed E-state index contributed by atoms with van der Waals surface area (Å²) in [7, 11) is 0. The molecule has 5 heteroatoms. The standard InChI is InChI=1S/C73H43N5/c1-3-20-48-46(18-1)42-63(55-27-9-5-22-50(48)55)71-74-72(64-43-47-19-2-4-21-49(47)51-23-6-10-28-56(51)64)76-73(75-71)78-66-34-16-14-30-58(66)62-41-45(37-39-68(62)78)44-36-38-67-61(40-44)57-29-13-15-33-65(57)77(67)69-35-17-32-60-54-25-8-7-24-52(54)53-26-11-12-31-59(53)70(60)69/h1-43H. The van der Waals surface area contributed by atoms with Crippen LogP contribution in [0.5, 0.6) is 0 Å². The summed E-state index contributed by atoms with van der Waals surface area (Å²) in [5.41, 5.74) is 9.76.